The molecule has 0 bridgehead atoms. The van der Waals surface area contributed by atoms with Crippen molar-refractivity contribution in [3.05, 3.63) is 45.3 Å². The van der Waals surface area contributed by atoms with Crippen molar-refractivity contribution in [3.63, 3.8) is 0 Å². The quantitative estimate of drug-likeness (QED) is 0.557. The van der Waals surface area contributed by atoms with Crippen LogP contribution in [0.4, 0.5) is 0 Å². The standard InChI is InChI=1S/C18H19N7S/c1-9-5-15(23-25-11(3)20-21-17(9)25)16-7-14(22-24(16)4)12-6-13(12)18-19-8-10(2)26-18/h5,7-8,12-13H,6H2,1-4H3/t12-,13-/m0/s1. The van der Waals surface area contributed by atoms with Crippen molar-refractivity contribution < 1.29 is 0 Å². The summed E-state index contributed by atoms with van der Waals surface area (Å²) in [5.74, 6) is 1.75. The summed E-state index contributed by atoms with van der Waals surface area (Å²) in [6, 6.07) is 4.22. The lowest BCUT2D eigenvalue weighted by atomic mass is 10.2. The molecule has 4 aromatic heterocycles. The monoisotopic (exact) mass is 365 g/mol. The number of fused-ring (bicyclic) bond motifs is 1. The van der Waals surface area contributed by atoms with Gasteiger partial charge in [-0.1, -0.05) is 0 Å². The maximum absolute atomic E-state index is 4.76. The minimum absolute atomic E-state index is 0.460. The van der Waals surface area contributed by atoms with Gasteiger partial charge in [-0.3, -0.25) is 4.68 Å². The van der Waals surface area contributed by atoms with Crippen molar-refractivity contribution in [3.8, 4) is 11.4 Å². The molecule has 4 aromatic rings. The molecular weight excluding hydrogens is 346 g/mol. The van der Waals surface area contributed by atoms with Gasteiger partial charge in [-0.25, -0.2) is 4.98 Å². The number of aromatic nitrogens is 7. The second kappa shape index (κ2) is 5.44. The fourth-order valence-corrected chi connectivity index (χ4v) is 4.46. The lowest BCUT2D eigenvalue weighted by molar-refractivity contribution is 0.741. The first-order valence-electron chi connectivity index (χ1n) is 8.67. The van der Waals surface area contributed by atoms with Gasteiger partial charge in [0.1, 0.15) is 5.69 Å². The van der Waals surface area contributed by atoms with Crippen molar-refractivity contribution in [2.45, 2.75) is 39.0 Å². The highest BCUT2D eigenvalue weighted by Gasteiger charge is 2.43. The zero-order chi connectivity index (χ0) is 18.0. The predicted octanol–water partition coefficient (Wildman–Crippen LogP) is 3.18. The van der Waals surface area contributed by atoms with Crippen LogP contribution < -0.4 is 0 Å². The van der Waals surface area contributed by atoms with E-state index in [2.05, 4.69) is 34.2 Å². The first-order valence-corrected chi connectivity index (χ1v) is 9.49. The first kappa shape index (κ1) is 15.6. The second-order valence-electron chi connectivity index (χ2n) is 7.03. The number of nitrogens with zero attached hydrogens (tertiary/aromatic N) is 7. The number of hydrogen-bond donors (Lipinski definition) is 0. The van der Waals surface area contributed by atoms with Crippen LogP contribution in [0.25, 0.3) is 17.0 Å². The van der Waals surface area contributed by atoms with Crippen LogP contribution in [0.2, 0.25) is 0 Å². The fraction of sp³-hybridized carbons (Fsp3) is 0.389. The molecule has 1 aliphatic carbocycles. The predicted molar refractivity (Wildman–Crippen MR) is 99.4 cm³/mol. The molecule has 2 atom stereocenters. The van der Waals surface area contributed by atoms with E-state index in [-0.39, 0.29) is 0 Å². The minimum atomic E-state index is 0.460. The highest BCUT2D eigenvalue weighted by Crippen LogP contribution is 2.55. The largest absolute Gasteiger partial charge is 0.266 e. The SMILES string of the molecule is Cc1cnc([C@H]2C[C@@H]2c2cc(-c3cc(C)c4nnc(C)n4n3)n(C)n2)s1. The van der Waals surface area contributed by atoms with E-state index >= 15 is 0 Å². The van der Waals surface area contributed by atoms with E-state index in [1.807, 2.05) is 31.8 Å². The van der Waals surface area contributed by atoms with E-state index in [4.69, 9.17) is 10.2 Å². The highest BCUT2D eigenvalue weighted by molar-refractivity contribution is 7.11. The Morgan fingerprint density at radius 1 is 1.08 bits per heavy atom. The van der Waals surface area contributed by atoms with Gasteiger partial charge < -0.3 is 0 Å². The Hall–Kier alpha value is -2.61. The van der Waals surface area contributed by atoms with Crippen molar-refractivity contribution in [2.75, 3.05) is 0 Å². The third-order valence-electron chi connectivity index (χ3n) is 5.00. The van der Waals surface area contributed by atoms with Gasteiger partial charge in [0.05, 0.1) is 16.4 Å². The van der Waals surface area contributed by atoms with E-state index in [0.717, 1.165) is 40.5 Å². The van der Waals surface area contributed by atoms with Crippen molar-refractivity contribution >= 4 is 17.0 Å². The number of hydrogen-bond acceptors (Lipinski definition) is 6. The topological polar surface area (TPSA) is 73.8 Å². The summed E-state index contributed by atoms with van der Waals surface area (Å²) in [4.78, 5) is 5.81. The van der Waals surface area contributed by atoms with Gasteiger partial charge in [0, 0.05) is 30.0 Å². The molecule has 1 saturated carbocycles. The molecule has 4 heterocycles. The van der Waals surface area contributed by atoms with E-state index in [1.54, 1.807) is 15.9 Å². The molecule has 0 radical (unpaired) electrons. The molecule has 0 aromatic carbocycles. The lowest BCUT2D eigenvalue weighted by Gasteiger charge is -2.04. The molecule has 1 aliphatic rings. The Kier molecular flexibility index (Phi) is 3.27. The van der Waals surface area contributed by atoms with Crippen LogP contribution in [0.15, 0.2) is 18.3 Å². The van der Waals surface area contributed by atoms with Crippen LogP contribution in [0.1, 0.15) is 45.2 Å². The van der Waals surface area contributed by atoms with Gasteiger partial charge in [-0.15, -0.1) is 21.5 Å². The molecule has 1 fully saturated rings. The molecule has 0 spiro atoms. The molecule has 0 aliphatic heterocycles. The van der Waals surface area contributed by atoms with Crippen molar-refractivity contribution in [1.29, 1.82) is 0 Å². The molecule has 132 valence electrons. The van der Waals surface area contributed by atoms with Crippen LogP contribution in [0.3, 0.4) is 0 Å². The Bertz CT molecular complexity index is 1140. The van der Waals surface area contributed by atoms with Gasteiger partial charge in [-0.05, 0) is 44.9 Å². The van der Waals surface area contributed by atoms with Gasteiger partial charge in [-0.2, -0.15) is 14.7 Å². The maximum atomic E-state index is 4.76. The van der Waals surface area contributed by atoms with Gasteiger partial charge >= 0.3 is 0 Å². The van der Waals surface area contributed by atoms with Crippen LogP contribution >= 0.6 is 11.3 Å². The molecule has 7 nitrogen and oxygen atoms in total. The molecule has 0 N–H and O–H groups in total. The maximum Gasteiger partial charge on any atom is 0.180 e. The number of rotatable bonds is 3. The Morgan fingerprint density at radius 3 is 2.69 bits per heavy atom. The summed E-state index contributed by atoms with van der Waals surface area (Å²) >= 11 is 1.79. The van der Waals surface area contributed by atoms with Crippen LogP contribution in [-0.4, -0.2) is 34.6 Å². The van der Waals surface area contributed by atoms with Gasteiger partial charge in [0.15, 0.2) is 11.5 Å². The van der Waals surface area contributed by atoms with Gasteiger partial charge in [0.2, 0.25) is 0 Å². The summed E-state index contributed by atoms with van der Waals surface area (Å²) in [6.07, 6.45) is 3.09. The summed E-state index contributed by atoms with van der Waals surface area (Å²) in [7, 11) is 1.98. The van der Waals surface area contributed by atoms with Crippen LogP contribution in [0, 0.1) is 20.8 Å². The molecular formula is C18H19N7S. The average molecular weight is 365 g/mol. The van der Waals surface area contributed by atoms with Crippen LogP contribution in [-0.2, 0) is 7.05 Å². The Labute approximate surface area is 154 Å². The molecule has 26 heavy (non-hydrogen) atoms. The molecule has 0 unspecified atom stereocenters. The van der Waals surface area contributed by atoms with Gasteiger partial charge in [0.25, 0.3) is 0 Å². The Balaban J connectivity index is 1.51. The van der Waals surface area contributed by atoms with E-state index < -0.39 is 0 Å². The summed E-state index contributed by atoms with van der Waals surface area (Å²) < 4.78 is 3.72. The number of thiazole rings is 1. The lowest BCUT2D eigenvalue weighted by Crippen LogP contribution is -2.02. The van der Waals surface area contributed by atoms with Crippen LogP contribution in [0.5, 0.6) is 0 Å². The minimum Gasteiger partial charge on any atom is -0.266 e. The molecule has 0 amide bonds. The highest BCUT2D eigenvalue weighted by atomic mass is 32.1. The zero-order valence-corrected chi connectivity index (χ0v) is 15.9. The molecule has 5 rings (SSSR count). The second-order valence-corrected chi connectivity index (χ2v) is 8.30. The molecule has 0 saturated heterocycles. The van der Waals surface area contributed by atoms with Crippen molar-refractivity contribution in [1.82, 2.24) is 34.6 Å². The van der Waals surface area contributed by atoms with E-state index in [9.17, 15) is 0 Å². The Morgan fingerprint density at radius 2 is 1.92 bits per heavy atom. The molecule has 8 heteroatoms. The normalized spacial score (nSPS) is 19.4. The average Bonchev–Trinajstić information content (AvgIpc) is 2.91. The van der Waals surface area contributed by atoms with E-state index in [1.165, 1.54) is 9.88 Å². The van der Waals surface area contributed by atoms with E-state index in [0.29, 0.717) is 11.8 Å². The summed E-state index contributed by atoms with van der Waals surface area (Å²) in [6.45, 7) is 6.05. The summed E-state index contributed by atoms with van der Waals surface area (Å²) in [5, 5.41) is 19.0. The third-order valence-corrected chi connectivity index (χ3v) is 6.04. The third kappa shape index (κ3) is 2.36. The number of aryl methyl sites for hydroxylation is 4. The smallest absolute Gasteiger partial charge is 0.180 e. The zero-order valence-electron chi connectivity index (χ0n) is 15.1. The first-order chi connectivity index (χ1) is 12.5. The summed E-state index contributed by atoms with van der Waals surface area (Å²) in [5.41, 5.74) is 4.89. The fourth-order valence-electron chi connectivity index (χ4n) is 3.50. The van der Waals surface area contributed by atoms with Crippen molar-refractivity contribution in [2.24, 2.45) is 7.05 Å².